The van der Waals surface area contributed by atoms with E-state index in [1.807, 2.05) is 6.92 Å². The van der Waals surface area contributed by atoms with Crippen molar-refractivity contribution < 1.29 is 14.3 Å². The van der Waals surface area contributed by atoms with Gasteiger partial charge in [-0.3, -0.25) is 9.59 Å². The van der Waals surface area contributed by atoms with Crippen molar-refractivity contribution in [2.45, 2.75) is 13.8 Å². The van der Waals surface area contributed by atoms with Crippen LogP contribution < -0.4 is 10.5 Å². The van der Waals surface area contributed by atoms with E-state index in [9.17, 15) is 9.59 Å². The molecule has 5 nitrogen and oxygen atoms in total. The van der Waals surface area contributed by atoms with Gasteiger partial charge < -0.3 is 15.4 Å². The third-order valence-electron chi connectivity index (χ3n) is 2.63. The first-order valence-electron chi connectivity index (χ1n) is 5.73. The molecule has 1 rings (SSSR count). The molecule has 0 bridgehead atoms. The van der Waals surface area contributed by atoms with Gasteiger partial charge in [-0.2, -0.15) is 0 Å². The number of nitrogen functional groups attached to an aromatic ring is 1. The van der Waals surface area contributed by atoms with Crippen LogP contribution in [0.2, 0.25) is 0 Å². The Morgan fingerprint density at radius 2 is 2.06 bits per heavy atom. The third-order valence-corrected chi connectivity index (χ3v) is 2.63. The van der Waals surface area contributed by atoms with Crippen LogP contribution in [-0.4, -0.2) is 36.8 Å². The van der Waals surface area contributed by atoms with E-state index in [1.165, 1.54) is 6.92 Å². The number of ketones is 1. The number of benzene rings is 1. The predicted molar refractivity (Wildman–Crippen MR) is 69.7 cm³/mol. The summed E-state index contributed by atoms with van der Waals surface area (Å²) in [6.45, 7) is 3.84. The smallest absolute Gasteiger partial charge is 0.260 e. The van der Waals surface area contributed by atoms with Crippen LogP contribution in [0.4, 0.5) is 5.69 Å². The molecule has 2 N–H and O–H groups in total. The number of carbonyl (C=O) groups is 2. The average Bonchev–Trinajstić information content (AvgIpc) is 2.35. The van der Waals surface area contributed by atoms with Crippen molar-refractivity contribution in [1.29, 1.82) is 0 Å². The highest BCUT2D eigenvalue weighted by molar-refractivity contribution is 5.97. The molecule has 1 amide bonds. The molecular formula is C13H18N2O3. The minimum atomic E-state index is -0.145. The lowest BCUT2D eigenvalue weighted by atomic mass is 10.1. The van der Waals surface area contributed by atoms with Crippen molar-refractivity contribution in [2.24, 2.45) is 0 Å². The number of nitrogens with zero attached hydrogens (tertiary/aromatic N) is 1. The highest BCUT2D eigenvalue weighted by Gasteiger charge is 2.12. The van der Waals surface area contributed by atoms with Gasteiger partial charge in [0.2, 0.25) is 0 Å². The van der Waals surface area contributed by atoms with Crippen molar-refractivity contribution >= 4 is 17.4 Å². The van der Waals surface area contributed by atoms with E-state index >= 15 is 0 Å². The Balaban J connectivity index is 2.79. The number of ether oxygens (including phenoxy) is 1. The Hall–Kier alpha value is -2.04. The topological polar surface area (TPSA) is 72.6 Å². The van der Waals surface area contributed by atoms with Gasteiger partial charge in [-0.15, -0.1) is 0 Å². The molecular weight excluding hydrogens is 232 g/mol. The van der Waals surface area contributed by atoms with E-state index in [-0.39, 0.29) is 18.3 Å². The molecule has 1 aromatic rings. The number of carbonyl (C=O) groups excluding carboxylic acids is 2. The Bertz CT molecular complexity index is 458. The van der Waals surface area contributed by atoms with E-state index in [0.29, 0.717) is 23.5 Å². The zero-order valence-corrected chi connectivity index (χ0v) is 10.9. The van der Waals surface area contributed by atoms with Crippen LogP contribution in [0.3, 0.4) is 0 Å². The largest absolute Gasteiger partial charge is 0.483 e. The van der Waals surface area contributed by atoms with Crippen molar-refractivity contribution in [2.75, 3.05) is 25.9 Å². The Labute approximate surface area is 107 Å². The first-order chi connectivity index (χ1) is 8.45. The molecule has 0 heterocycles. The fourth-order valence-electron chi connectivity index (χ4n) is 1.37. The SMILES string of the molecule is CCN(C)C(=O)COc1ccc(N)cc1C(C)=O. The summed E-state index contributed by atoms with van der Waals surface area (Å²) in [5.74, 6) is 0.104. The molecule has 0 radical (unpaired) electrons. The van der Waals surface area contributed by atoms with Crippen LogP contribution in [0.1, 0.15) is 24.2 Å². The van der Waals surface area contributed by atoms with Gasteiger partial charge in [-0.25, -0.2) is 0 Å². The standard InChI is InChI=1S/C13H18N2O3/c1-4-15(3)13(17)8-18-12-6-5-10(14)7-11(12)9(2)16/h5-7H,4,8,14H2,1-3H3. The number of anilines is 1. The lowest BCUT2D eigenvalue weighted by Gasteiger charge is -2.16. The van der Waals surface area contributed by atoms with Crippen molar-refractivity contribution in [3.8, 4) is 5.75 Å². The van der Waals surface area contributed by atoms with Crippen LogP contribution in [0.5, 0.6) is 5.75 Å². The number of nitrogens with two attached hydrogens (primary N) is 1. The zero-order valence-electron chi connectivity index (χ0n) is 10.9. The number of Topliss-reactive ketones (excluding diaryl/α,β-unsaturated/α-hetero) is 1. The number of rotatable bonds is 5. The maximum Gasteiger partial charge on any atom is 0.260 e. The summed E-state index contributed by atoms with van der Waals surface area (Å²) >= 11 is 0. The molecule has 0 unspecified atom stereocenters. The monoisotopic (exact) mass is 250 g/mol. The van der Waals surface area contributed by atoms with Gasteiger partial charge in [0.05, 0.1) is 5.56 Å². The second-order valence-electron chi connectivity index (χ2n) is 4.01. The maximum absolute atomic E-state index is 11.6. The highest BCUT2D eigenvalue weighted by Crippen LogP contribution is 2.21. The third kappa shape index (κ3) is 3.48. The molecule has 0 aliphatic heterocycles. The number of amides is 1. The molecule has 0 fully saturated rings. The number of likely N-dealkylation sites (N-methyl/N-ethyl adjacent to an activating group) is 1. The van der Waals surface area contributed by atoms with E-state index in [0.717, 1.165) is 0 Å². The van der Waals surface area contributed by atoms with E-state index in [2.05, 4.69) is 0 Å². The fourth-order valence-corrected chi connectivity index (χ4v) is 1.37. The Kier molecular flexibility index (Phi) is 4.71. The summed E-state index contributed by atoms with van der Waals surface area (Å²) in [6, 6.07) is 4.78. The van der Waals surface area contributed by atoms with Gasteiger partial charge in [0.25, 0.3) is 5.91 Å². The maximum atomic E-state index is 11.6. The van der Waals surface area contributed by atoms with Crippen molar-refractivity contribution in [3.05, 3.63) is 23.8 Å². The van der Waals surface area contributed by atoms with E-state index < -0.39 is 0 Å². The molecule has 18 heavy (non-hydrogen) atoms. The second kappa shape index (κ2) is 6.05. The summed E-state index contributed by atoms with van der Waals surface area (Å²) in [5.41, 5.74) is 6.49. The van der Waals surface area contributed by atoms with Gasteiger partial charge in [0, 0.05) is 19.3 Å². The van der Waals surface area contributed by atoms with Crippen molar-refractivity contribution in [3.63, 3.8) is 0 Å². The van der Waals surface area contributed by atoms with Crippen LogP contribution in [0.15, 0.2) is 18.2 Å². The molecule has 1 aromatic carbocycles. The molecule has 0 aliphatic rings. The Morgan fingerprint density at radius 3 is 2.61 bits per heavy atom. The summed E-state index contributed by atoms with van der Waals surface area (Å²) in [4.78, 5) is 24.6. The highest BCUT2D eigenvalue weighted by atomic mass is 16.5. The van der Waals surface area contributed by atoms with Crippen LogP contribution >= 0.6 is 0 Å². The molecule has 0 aliphatic carbocycles. The predicted octanol–water partition coefficient (Wildman–Crippen LogP) is 1.33. The molecule has 0 saturated carbocycles. The lowest BCUT2D eigenvalue weighted by molar-refractivity contribution is -0.131. The fraction of sp³-hybridized carbons (Fsp3) is 0.385. The van der Waals surface area contributed by atoms with Gasteiger partial charge in [0.15, 0.2) is 12.4 Å². The Morgan fingerprint density at radius 1 is 1.39 bits per heavy atom. The molecule has 0 saturated heterocycles. The van der Waals surface area contributed by atoms with Gasteiger partial charge in [0.1, 0.15) is 5.75 Å². The van der Waals surface area contributed by atoms with E-state index in [1.54, 1.807) is 30.1 Å². The second-order valence-corrected chi connectivity index (χ2v) is 4.01. The number of hydrogen-bond donors (Lipinski definition) is 1. The molecule has 5 heteroatoms. The first-order valence-corrected chi connectivity index (χ1v) is 5.73. The van der Waals surface area contributed by atoms with E-state index in [4.69, 9.17) is 10.5 Å². The quantitative estimate of drug-likeness (QED) is 0.632. The first kappa shape index (κ1) is 14.0. The van der Waals surface area contributed by atoms with Gasteiger partial charge >= 0.3 is 0 Å². The molecule has 0 aromatic heterocycles. The summed E-state index contributed by atoms with van der Waals surface area (Å²) in [5, 5.41) is 0. The number of hydrogen-bond acceptors (Lipinski definition) is 4. The zero-order chi connectivity index (χ0) is 13.7. The molecule has 0 atom stereocenters. The van der Waals surface area contributed by atoms with Gasteiger partial charge in [-0.1, -0.05) is 0 Å². The van der Waals surface area contributed by atoms with Crippen molar-refractivity contribution in [1.82, 2.24) is 4.90 Å². The van der Waals surface area contributed by atoms with Crippen LogP contribution in [0.25, 0.3) is 0 Å². The summed E-state index contributed by atoms with van der Waals surface area (Å²) in [6.07, 6.45) is 0. The normalized spacial score (nSPS) is 9.94. The summed E-state index contributed by atoms with van der Waals surface area (Å²) in [7, 11) is 1.69. The van der Waals surface area contributed by atoms with Crippen LogP contribution in [0, 0.1) is 0 Å². The minimum absolute atomic E-state index is 0.0888. The minimum Gasteiger partial charge on any atom is -0.483 e. The average molecular weight is 250 g/mol. The molecule has 0 spiro atoms. The lowest BCUT2D eigenvalue weighted by Crippen LogP contribution is -2.31. The van der Waals surface area contributed by atoms with Gasteiger partial charge in [-0.05, 0) is 32.0 Å². The summed E-state index contributed by atoms with van der Waals surface area (Å²) < 4.78 is 5.37. The molecule has 98 valence electrons. The van der Waals surface area contributed by atoms with Crippen LogP contribution in [-0.2, 0) is 4.79 Å².